The zero-order chi connectivity index (χ0) is 21.6. The van der Waals surface area contributed by atoms with Crippen molar-refractivity contribution in [2.75, 3.05) is 52.0 Å². The van der Waals surface area contributed by atoms with E-state index in [2.05, 4.69) is 21.9 Å². The van der Waals surface area contributed by atoms with Gasteiger partial charge in [-0.1, -0.05) is 6.58 Å². The van der Waals surface area contributed by atoms with Crippen molar-refractivity contribution in [3.63, 3.8) is 0 Å². The Balaban J connectivity index is 2.23. The fourth-order valence-electron chi connectivity index (χ4n) is 2.80. The van der Waals surface area contributed by atoms with Crippen molar-refractivity contribution < 1.29 is 18.7 Å². The second kappa shape index (κ2) is 9.83. The van der Waals surface area contributed by atoms with Crippen molar-refractivity contribution in [2.45, 2.75) is 6.92 Å². The molecule has 1 aromatic carbocycles. The smallest absolute Gasteiger partial charge is 0.251 e. The van der Waals surface area contributed by atoms with Crippen LogP contribution < -0.4 is 15.8 Å². The van der Waals surface area contributed by atoms with E-state index in [1.165, 1.54) is 30.5 Å². The van der Waals surface area contributed by atoms with E-state index in [4.69, 9.17) is 15.2 Å². The lowest BCUT2D eigenvalue weighted by molar-refractivity contribution is -0.126. The normalized spacial score (nSPS) is 10.5. The third-order valence-corrected chi connectivity index (χ3v) is 4.37. The Morgan fingerprint density at radius 2 is 2.10 bits per heavy atom. The minimum atomic E-state index is -0.417. The number of carbonyl (C=O) groups excluding carboxylic acids is 1. The van der Waals surface area contributed by atoms with Gasteiger partial charge in [-0.15, -0.1) is 0 Å². The number of halogens is 1. The first-order chi connectivity index (χ1) is 13.8. The molecule has 1 aromatic heterocycles. The summed E-state index contributed by atoms with van der Waals surface area (Å²) in [4.78, 5) is 21.9. The number of aromatic nitrogens is 2. The molecule has 3 N–H and O–H groups in total. The predicted octanol–water partition coefficient (Wildman–Crippen LogP) is 2.25. The van der Waals surface area contributed by atoms with Crippen LogP contribution in [0.4, 0.5) is 15.9 Å². The molecule has 156 valence electrons. The summed E-state index contributed by atoms with van der Waals surface area (Å²) < 4.78 is 24.8. The lowest BCUT2D eigenvalue weighted by atomic mass is 10.0. The summed E-state index contributed by atoms with van der Waals surface area (Å²) in [6.45, 7) is 6.11. The first kappa shape index (κ1) is 22.1. The van der Waals surface area contributed by atoms with E-state index in [0.29, 0.717) is 22.5 Å². The number of amides is 1. The maximum Gasteiger partial charge on any atom is 0.251 e. The summed E-state index contributed by atoms with van der Waals surface area (Å²) in [7, 11) is 4.84. The first-order valence-electron chi connectivity index (χ1n) is 8.93. The average Bonchev–Trinajstić information content (AvgIpc) is 2.70. The van der Waals surface area contributed by atoms with E-state index in [-0.39, 0.29) is 37.2 Å². The number of benzene rings is 1. The molecule has 0 atom stereocenters. The number of hydrogen-bond donors (Lipinski definition) is 2. The van der Waals surface area contributed by atoms with Crippen LogP contribution in [0.3, 0.4) is 0 Å². The van der Waals surface area contributed by atoms with Gasteiger partial charge in [-0.05, 0) is 24.6 Å². The van der Waals surface area contributed by atoms with Crippen LogP contribution in [0.5, 0.6) is 5.75 Å². The van der Waals surface area contributed by atoms with Gasteiger partial charge in [-0.3, -0.25) is 4.79 Å². The van der Waals surface area contributed by atoms with Crippen LogP contribution in [-0.2, 0) is 9.53 Å². The molecule has 0 aliphatic rings. The van der Waals surface area contributed by atoms with Crippen molar-refractivity contribution in [3.8, 4) is 17.0 Å². The molecule has 1 amide bonds. The number of likely N-dealkylation sites (N-methyl/N-ethyl adjacent to an activating group) is 1. The number of hydrogen-bond acceptors (Lipinski definition) is 7. The highest BCUT2D eigenvalue weighted by Gasteiger charge is 2.18. The Labute approximate surface area is 169 Å². The molecule has 0 unspecified atom stereocenters. The molecule has 0 saturated heterocycles. The van der Waals surface area contributed by atoms with Crippen LogP contribution >= 0.6 is 0 Å². The molecule has 29 heavy (non-hydrogen) atoms. The molecule has 0 aliphatic heterocycles. The van der Waals surface area contributed by atoms with Crippen LogP contribution in [-0.4, -0.2) is 61.7 Å². The molecule has 0 radical (unpaired) electrons. The van der Waals surface area contributed by atoms with E-state index in [1.54, 1.807) is 14.1 Å². The Morgan fingerprint density at radius 3 is 2.76 bits per heavy atom. The fourth-order valence-corrected chi connectivity index (χ4v) is 2.80. The Bertz CT molecular complexity index is 904. The van der Waals surface area contributed by atoms with Crippen LogP contribution in [0.1, 0.15) is 5.56 Å². The Hall–Kier alpha value is -3.20. The second-order valence-electron chi connectivity index (χ2n) is 6.42. The number of nitrogens with zero attached hydrogens (tertiary/aromatic N) is 3. The SMILES string of the molecule is C=C(COC)C(=O)N(C)CCOc1c(N)ncnc1-c1cc(F)cc(NC)c1C. The molecule has 0 aliphatic carbocycles. The molecule has 8 nitrogen and oxygen atoms in total. The van der Waals surface area contributed by atoms with Crippen molar-refractivity contribution in [3.05, 3.63) is 42.0 Å². The fraction of sp³-hybridized carbons (Fsp3) is 0.350. The van der Waals surface area contributed by atoms with Gasteiger partial charge in [0.15, 0.2) is 11.6 Å². The molecule has 1 heterocycles. The number of nitrogen functional groups attached to an aromatic ring is 1. The minimum Gasteiger partial charge on any atom is -0.486 e. The number of methoxy groups -OCH3 is 1. The van der Waals surface area contributed by atoms with Crippen LogP contribution in [0, 0.1) is 12.7 Å². The van der Waals surface area contributed by atoms with Gasteiger partial charge >= 0.3 is 0 Å². The Morgan fingerprint density at radius 1 is 1.38 bits per heavy atom. The standard InChI is InChI=1S/C20H26FN5O3/c1-12(10-28-5)20(27)26(4)6-7-29-18-17(24-11-25-19(18)22)15-8-14(21)9-16(23-3)13(15)2/h8-9,11,23H,1,6-7,10H2,2-5H3,(H2,22,24,25). The van der Waals surface area contributed by atoms with E-state index >= 15 is 0 Å². The third-order valence-electron chi connectivity index (χ3n) is 4.37. The monoisotopic (exact) mass is 403 g/mol. The van der Waals surface area contributed by atoms with Gasteiger partial charge in [0.25, 0.3) is 5.91 Å². The second-order valence-corrected chi connectivity index (χ2v) is 6.42. The van der Waals surface area contributed by atoms with E-state index in [9.17, 15) is 9.18 Å². The van der Waals surface area contributed by atoms with Gasteiger partial charge < -0.3 is 25.4 Å². The van der Waals surface area contributed by atoms with Crippen molar-refractivity contribution >= 4 is 17.4 Å². The van der Waals surface area contributed by atoms with Crippen molar-refractivity contribution in [1.82, 2.24) is 14.9 Å². The highest BCUT2D eigenvalue weighted by atomic mass is 19.1. The van der Waals surface area contributed by atoms with Crippen LogP contribution in [0.25, 0.3) is 11.3 Å². The third kappa shape index (κ3) is 5.20. The van der Waals surface area contributed by atoms with Gasteiger partial charge in [0.05, 0.1) is 13.2 Å². The molecule has 2 rings (SSSR count). The van der Waals surface area contributed by atoms with Crippen LogP contribution in [0.2, 0.25) is 0 Å². The number of nitrogens with two attached hydrogens (primary N) is 1. The summed E-state index contributed by atoms with van der Waals surface area (Å²) in [5, 5.41) is 2.95. The van der Waals surface area contributed by atoms with E-state index in [0.717, 1.165) is 5.56 Å². The van der Waals surface area contributed by atoms with Crippen molar-refractivity contribution in [2.24, 2.45) is 0 Å². The van der Waals surface area contributed by atoms with E-state index in [1.807, 2.05) is 6.92 Å². The largest absolute Gasteiger partial charge is 0.486 e. The summed E-state index contributed by atoms with van der Waals surface area (Å²) in [5.41, 5.74) is 8.66. The highest BCUT2D eigenvalue weighted by Crippen LogP contribution is 2.36. The highest BCUT2D eigenvalue weighted by molar-refractivity contribution is 5.92. The minimum absolute atomic E-state index is 0.127. The zero-order valence-electron chi connectivity index (χ0n) is 17.1. The maximum atomic E-state index is 14.1. The molecule has 0 saturated carbocycles. The predicted molar refractivity (Wildman–Crippen MR) is 110 cm³/mol. The lowest BCUT2D eigenvalue weighted by Crippen LogP contribution is -2.32. The molecular weight excluding hydrogens is 377 g/mol. The number of carbonyl (C=O) groups is 1. The number of nitrogens with one attached hydrogen (secondary N) is 1. The van der Waals surface area contributed by atoms with Gasteiger partial charge in [-0.25, -0.2) is 14.4 Å². The zero-order valence-corrected chi connectivity index (χ0v) is 17.1. The lowest BCUT2D eigenvalue weighted by Gasteiger charge is -2.20. The molecule has 0 spiro atoms. The molecule has 2 aromatic rings. The van der Waals surface area contributed by atoms with Gasteiger partial charge in [0.1, 0.15) is 24.4 Å². The topological polar surface area (TPSA) is 103 Å². The summed E-state index contributed by atoms with van der Waals surface area (Å²) in [5.74, 6) is -0.296. The summed E-state index contributed by atoms with van der Waals surface area (Å²) >= 11 is 0. The first-order valence-corrected chi connectivity index (χ1v) is 8.93. The summed E-state index contributed by atoms with van der Waals surface area (Å²) in [6.07, 6.45) is 1.30. The summed E-state index contributed by atoms with van der Waals surface area (Å²) in [6, 6.07) is 2.77. The van der Waals surface area contributed by atoms with Gasteiger partial charge in [0.2, 0.25) is 0 Å². The maximum absolute atomic E-state index is 14.1. The van der Waals surface area contributed by atoms with E-state index < -0.39 is 5.82 Å². The molecule has 0 fully saturated rings. The molecular formula is C20H26FN5O3. The quantitative estimate of drug-likeness (QED) is 0.619. The van der Waals surface area contributed by atoms with Crippen molar-refractivity contribution in [1.29, 1.82) is 0 Å². The number of rotatable bonds is 9. The average molecular weight is 403 g/mol. The number of ether oxygens (including phenoxy) is 2. The van der Waals surface area contributed by atoms with Gasteiger partial charge in [0, 0.05) is 38.0 Å². The molecule has 0 bridgehead atoms. The van der Waals surface area contributed by atoms with Gasteiger partial charge in [-0.2, -0.15) is 0 Å². The van der Waals surface area contributed by atoms with Crippen LogP contribution in [0.15, 0.2) is 30.6 Å². The molecule has 9 heteroatoms. The Kier molecular flexibility index (Phi) is 7.49. The number of anilines is 2.